The third-order valence-electron chi connectivity index (χ3n) is 1.69. The van der Waals surface area contributed by atoms with Gasteiger partial charge in [0.1, 0.15) is 6.61 Å². The zero-order valence-corrected chi connectivity index (χ0v) is 8.02. The summed E-state index contributed by atoms with van der Waals surface area (Å²) in [5.74, 6) is 4.63. The molecule has 0 N–H and O–H groups in total. The summed E-state index contributed by atoms with van der Waals surface area (Å²) in [5.41, 5.74) is -1.60. The molecule has 0 aromatic carbocycles. The zero-order valence-electron chi connectivity index (χ0n) is 7.26. The van der Waals surface area contributed by atoms with E-state index in [4.69, 9.17) is 21.1 Å². The van der Waals surface area contributed by atoms with E-state index in [1.807, 2.05) is 0 Å². The van der Waals surface area contributed by atoms with Crippen LogP contribution in [0.3, 0.4) is 0 Å². The van der Waals surface area contributed by atoms with E-state index in [9.17, 15) is 4.39 Å². The van der Waals surface area contributed by atoms with E-state index >= 15 is 0 Å². The third kappa shape index (κ3) is 5.09. The van der Waals surface area contributed by atoms with Gasteiger partial charge >= 0.3 is 0 Å². The Morgan fingerprint density at radius 2 is 2.46 bits per heavy atom. The smallest absolute Gasteiger partial charge is 0.234 e. The molecule has 2 atom stereocenters. The van der Waals surface area contributed by atoms with E-state index in [-0.39, 0.29) is 12.9 Å². The number of alkyl halides is 2. The summed E-state index contributed by atoms with van der Waals surface area (Å²) in [7, 11) is 0. The van der Waals surface area contributed by atoms with Crippen LogP contribution < -0.4 is 0 Å². The molecule has 0 aromatic rings. The number of ether oxygens (including phenoxy) is 2. The largest absolute Gasteiger partial charge is 0.353 e. The Morgan fingerprint density at radius 1 is 1.62 bits per heavy atom. The average Bonchev–Trinajstić information content (AvgIpc) is 2.14. The van der Waals surface area contributed by atoms with E-state index in [1.165, 1.54) is 0 Å². The summed E-state index contributed by atoms with van der Waals surface area (Å²) in [5, 5.41) is 0. The van der Waals surface area contributed by atoms with Gasteiger partial charge in [-0.15, -0.1) is 0 Å². The Kier molecular flexibility index (Phi) is 5.14. The van der Waals surface area contributed by atoms with Crippen LogP contribution in [0.2, 0.25) is 0 Å². The molecule has 0 radical (unpaired) electrons. The van der Waals surface area contributed by atoms with E-state index in [0.29, 0.717) is 0 Å². The van der Waals surface area contributed by atoms with Crippen molar-refractivity contribution in [2.24, 2.45) is 0 Å². The van der Waals surface area contributed by atoms with E-state index in [2.05, 4.69) is 11.8 Å². The fourth-order valence-corrected chi connectivity index (χ4v) is 1.17. The highest BCUT2D eigenvalue weighted by Crippen LogP contribution is 2.12. The topological polar surface area (TPSA) is 18.5 Å². The number of halogens is 2. The van der Waals surface area contributed by atoms with Crippen LogP contribution in [-0.2, 0) is 9.47 Å². The molecule has 0 spiro atoms. The molecular weight excluding hydrogens is 195 g/mol. The van der Waals surface area contributed by atoms with Crippen LogP contribution in [0.4, 0.5) is 4.39 Å². The first-order valence-corrected chi connectivity index (χ1v) is 4.72. The SMILES string of the molecule is FC(Cl)C#CCOC1CCCCO1. The molecule has 13 heavy (non-hydrogen) atoms. The highest BCUT2D eigenvalue weighted by molar-refractivity contribution is 6.21. The quantitative estimate of drug-likeness (QED) is 0.509. The molecule has 2 unspecified atom stereocenters. The van der Waals surface area contributed by atoms with E-state index in [1.54, 1.807) is 0 Å². The van der Waals surface area contributed by atoms with Crippen LogP contribution in [0.1, 0.15) is 19.3 Å². The number of hydrogen-bond donors (Lipinski definition) is 0. The van der Waals surface area contributed by atoms with Crippen LogP contribution in [-0.4, -0.2) is 25.1 Å². The van der Waals surface area contributed by atoms with Gasteiger partial charge < -0.3 is 9.47 Å². The second-order valence-corrected chi connectivity index (χ2v) is 3.11. The summed E-state index contributed by atoms with van der Waals surface area (Å²) in [6, 6.07) is 0. The molecule has 4 heteroatoms. The standard InChI is InChI=1S/C9H12ClFO2/c10-8(11)4-3-7-13-9-5-1-2-6-12-9/h8-9H,1-2,5-7H2. The van der Waals surface area contributed by atoms with Gasteiger partial charge in [-0.05, 0) is 25.2 Å². The van der Waals surface area contributed by atoms with Gasteiger partial charge in [-0.3, -0.25) is 0 Å². The zero-order chi connectivity index (χ0) is 9.52. The lowest BCUT2D eigenvalue weighted by Crippen LogP contribution is -2.22. The fraction of sp³-hybridized carbons (Fsp3) is 0.778. The monoisotopic (exact) mass is 206 g/mol. The summed E-state index contributed by atoms with van der Waals surface area (Å²) in [6.07, 6.45) is 2.91. The van der Waals surface area contributed by atoms with Crippen molar-refractivity contribution in [3.63, 3.8) is 0 Å². The van der Waals surface area contributed by atoms with Crippen molar-refractivity contribution in [1.82, 2.24) is 0 Å². The first kappa shape index (κ1) is 10.8. The van der Waals surface area contributed by atoms with Crippen LogP contribution in [0.25, 0.3) is 0 Å². The van der Waals surface area contributed by atoms with Gasteiger partial charge in [0.05, 0.1) is 0 Å². The van der Waals surface area contributed by atoms with Gasteiger partial charge in [0.15, 0.2) is 6.29 Å². The minimum Gasteiger partial charge on any atom is -0.353 e. The van der Waals surface area contributed by atoms with Crippen molar-refractivity contribution in [3.05, 3.63) is 0 Å². The average molecular weight is 207 g/mol. The van der Waals surface area contributed by atoms with Gasteiger partial charge in [0.2, 0.25) is 5.63 Å². The van der Waals surface area contributed by atoms with Gasteiger partial charge in [0.25, 0.3) is 0 Å². The Balaban J connectivity index is 2.08. The Bertz CT molecular complexity index is 192. The molecule has 0 aromatic heterocycles. The Hall–Kier alpha value is -0.300. The first-order valence-electron chi connectivity index (χ1n) is 4.29. The van der Waals surface area contributed by atoms with Crippen molar-refractivity contribution in [2.45, 2.75) is 31.2 Å². The van der Waals surface area contributed by atoms with Gasteiger partial charge in [0, 0.05) is 6.61 Å². The first-order chi connectivity index (χ1) is 6.29. The third-order valence-corrected chi connectivity index (χ3v) is 1.80. The maximum atomic E-state index is 12.0. The predicted molar refractivity (Wildman–Crippen MR) is 48.1 cm³/mol. The minimum atomic E-state index is -1.60. The lowest BCUT2D eigenvalue weighted by atomic mass is 10.2. The second kappa shape index (κ2) is 6.20. The summed E-state index contributed by atoms with van der Waals surface area (Å²) in [6.45, 7) is 0.914. The molecule has 1 saturated heterocycles. The van der Waals surface area contributed by atoms with Crippen molar-refractivity contribution in [2.75, 3.05) is 13.2 Å². The molecule has 0 bridgehead atoms. The Morgan fingerprint density at radius 3 is 3.08 bits per heavy atom. The van der Waals surface area contributed by atoms with Gasteiger partial charge in [-0.2, -0.15) is 0 Å². The van der Waals surface area contributed by atoms with Crippen molar-refractivity contribution in [1.29, 1.82) is 0 Å². The molecule has 1 fully saturated rings. The van der Waals surface area contributed by atoms with E-state index < -0.39 is 5.63 Å². The highest BCUT2D eigenvalue weighted by atomic mass is 35.5. The number of hydrogen-bond acceptors (Lipinski definition) is 2. The molecular formula is C9H12ClFO2. The van der Waals surface area contributed by atoms with Crippen LogP contribution in [0, 0.1) is 11.8 Å². The van der Waals surface area contributed by atoms with Crippen molar-refractivity contribution < 1.29 is 13.9 Å². The molecule has 2 nitrogen and oxygen atoms in total. The normalized spacial score (nSPS) is 24.6. The molecule has 74 valence electrons. The lowest BCUT2D eigenvalue weighted by Gasteiger charge is -2.21. The number of rotatable bonds is 2. The maximum absolute atomic E-state index is 12.0. The maximum Gasteiger partial charge on any atom is 0.234 e. The molecule has 0 aliphatic carbocycles. The van der Waals surface area contributed by atoms with Gasteiger partial charge in [-0.1, -0.05) is 17.5 Å². The molecule has 1 heterocycles. The molecule has 1 aliphatic rings. The fourth-order valence-electron chi connectivity index (χ4n) is 1.10. The lowest BCUT2D eigenvalue weighted by molar-refractivity contribution is -0.154. The van der Waals surface area contributed by atoms with Gasteiger partial charge in [-0.25, -0.2) is 4.39 Å². The molecule has 0 amide bonds. The van der Waals surface area contributed by atoms with Crippen LogP contribution >= 0.6 is 11.6 Å². The minimum absolute atomic E-state index is 0.170. The summed E-state index contributed by atoms with van der Waals surface area (Å²) >= 11 is 4.97. The van der Waals surface area contributed by atoms with Crippen molar-refractivity contribution in [3.8, 4) is 11.8 Å². The highest BCUT2D eigenvalue weighted by Gasteiger charge is 2.12. The van der Waals surface area contributed by atoms with Crippen LogP contribution in [0.5, 0.6) is 0 Å². The van der Waals surface area contributed by atoms with Crippen LogP contribution in [0.15, 0.2) is 0 Å². The second-order valence-electron chi connectivity index (χ2n) is 2.73. The van der Waals surface area contributed by atoms with E-state index in [0.717, 1.165) is 25.9 Å². The Labute approximate surface area is 82.3 Å². The summed E-state index contributed by atoms with van der Waals surface area (Å²) < 4.78 is 22.5. The molecule has 0 saturated carbocycles. The molecule has 1 aliphatic heterocycles. The van der Waals surface area contributed by atoms with Crippen molar-refractivity contribution >= 4 is 11.6 Å². The predicted octanol–water partition coefficient (Wildman–Crippen LogP) is 2.07. The summed E-state index contributed by atoms with van der Waals surface area (Å²) in [4.78, 5) is 0. The molecule has 1 rings (SSSR count).